The van der Waals surface area contributed by atoms with E-state index in [1.54, 1.807) is 23.9 Å². The summed E-state index contributed by atoms with van der Waals surface area (Å²) in [4.78, 5) is 39.4. The molecule has 2 aliphatic rings. The number of carboxylic acids is 1. The number of rotatable bonds is 3. The average molecular weight is 339 g/mol. The van der Waals surface area contributed by atoms with Gasteiger partial charge in [0.05, 0.1) is 11.5 Å². The van der Waals surface area contributed by atoms with Crippen molar-refractivity contribution >= 4 is 17.9 Å². The number of piperidine rings is 1. The zero-order valence-corrected chi connectivity index (χ0v) is 14.9. The van der Waals surface area contributed by atoms with Crippen LogP contribution in [0.1, 0.15) is 45.4 Å². The number of nitrogens with zero attached hydrogens (tertiary/aromatic N) is 2. The lowest BCUT2D eigenvalue weighted by atomic mass is 9.73. The predicted octanol–water partition coefficient (Wildman–Crippen LogP) is 1.53. The molecule has 0 aromatic carbocycles. The molecule has 1 aliphatic heterocycles. The van der Waals surface area contributed by atoms with Gasteiger partial charge in [-0.1, -0.05) is 12.8 Å². The van der Waals surface area contributed by atoms with Crippen molar-refractivity contribution in [2.45, 2.75) is 51.0 Å². The van der Waals surface area contributed by atoms with E-state index in [4.69, 9.17) is 0 Å². The summed E-state index contributed by atoms with van der Waals surface area (Å²) in [5.74, 6) is -1.57. The Morgan fingerprint density at radius 3 is 2.29 bits per heavy atom. The Morgan fingerprint density at radius 2 is 1.75 bits per heavy atom. The Morgan fingerprint density at radius 1 is 1.12 bits per heavy atom. The van der Waals surface area contributed by atoms with Gasteiger partial charge in [-0.25, -0.2) is 4.79 Å². The minimum Gasteiger partial charge on any atom is -0.481 e. The molecule has 1 saturated carbocycles. The lowest BCUT2D eigenvalue weighted by Gasteiger charge is -2.41. The Hall–Kier alpha value is -1.79. The number of carbonyl (C=O) groups is 3. The molecule has 2 rings (SSSR count). The summed E-state index contributed by atoms with van der Waals surface area (Å²) in [6, 6.07) is -0.0287. The second-order valence-electron chi connectivity index (χ2n) is 7.48. The SMILES string of the molecule is CN(C)C(=O)N1CCC(C(=O)N[C@@]2(C)CCCC[C@H]2C(=O)O)CC1. The van der Waals surface area contributed by atoms with Gasteiger partial charge in [0.1, 0.15) is 0 Å². The lowest BCUT2D eigenvalue weighted by molar-refractivity contribution is -0.147. The van der Waals surface area contributed by atoms with Gasteiger partial charge in [-0.05, 0) is 32.6 Å². The topological polar surface area (TPSA) is 90.0 Å². The fourth-order valence-electron chi connectivity index (χ4n) is 3.88. The highest BCUT2D eigenvalue weighted by molar-refractivity contribution is 5.82. The van der Waals surface area contributed by atoms with E-state index in [2.05, 4.69) is 5.32 Å². The minimum atomic E-state index is -0.830. The molecule has 2 atom stereocenters. The molecule has 1 saturated heterocycles. The number of carbonyl (C=O) groups excluding carboxylic acids is 2. The molecule has 1 aliphatic carbocycles. The summed E-state index contributed by atoms with van der Waals surface area (Å²) >= 11 is 0. The molecule has 24 heavy (non-hydrogen) atoms. The average Bonchev–Trinajstić information content (AvgIpc) is 2.53. The van der Waals surface area contributed by atoms with Crippen LogP contribution < -0.4 is 5.32 Å². The van der Waals surface area contributed by atoms with E-state index in [-0.39, 0.29) is 17.9 Å². The fraction of sp³-hybridized carbons (Fsp3) is 0.824. The van der Waals surface area contributed by atoms with Gasteiger partial charge < -0.3 is 20.2 Å². The first kappa shape index (κ1) is 18.5. The number of aliphatic carboxylic acids is 1. The van der Waals surface area contributed by atoms with Crippen molar-refractivity contribution in [2.75, 3.05) is 27.2 Å². The molecule has 2 N–H and O–H groups in total. The van der Waals surface area contributed by atoms with Gasteiger partial charge in [-0.3, -0.25) is 9.59 Å². The molecule has 0 unspecified atom stereocenters. The number of carboxylic acid groups (broad SMARTS) is 1. The Kier molecular flexibility index (Phi) is 5.72. The number of hydrogen-bond acceptors (Lipinski definition) is 3. The molecule has 7 heteroatoms. The van der Waals surface area contributed by atoms with Gasteiger partial charge in [0.2, 0.25) is 5.91 Å². The summed E-state index contributed by atoms with van der Waals surface area (Å²) in [7, 11) is 3.44. The third kappa shape index (κ3) is 3.99. The second-order valence-corrected chi connectivity index (χ2v) is 7.48. The van der Waals surface area contributed by atoms with Crippen LogP contribution in [0.25, 0.3) is 0 Å². The number of urea groups is 1. The minimum absolute atomic E-state index is 0.0287. The highest BCUT2D eigenvalue weighted by atomic mass is 16.4. The first-order chi connectivity index (χ1) is 11.2. The quantitative estimate of drug-likeness (QED) is 0.816. The van der Waals surface area contributed by atoms with Gasteiger partial charge >= 0.3 is 12.0 Å². The maximum absolute atomic E-state index is 12.6. The van der Waals surface area contributed by atoms with Crippen LogP contribution in [-0.4, -0.2) is 65.5 Å². The van der Waals surface area contributed by atoms with Crippen molar-refractivity contribution in [3.05, 3.63) is 0 Å². The fourth-order valence-corrected chi connectivity index (χ4v) is 3.88. The molecular formula is C17H29N3O4. The maximum atomic E-state index is 12.6. The molecule has 0 spiro atoms. The van der Waals surface area contributed by atoms with Crippen molar-refractivity contribution in [3.63, 3.8) is 0 Å². The van der Waals surface area contributed by atoms with Crippen LogP contribution in [0.2, 0.25) is 0 Å². The van der Waals surface area contributed by atoms with Crippen LogP contribution >= 0.6 is 0 Å². The zero-order chi connectivity index (χ0) is 17.9. The van der Waals surface area contributed by atoms with Gasteiger partial charge in [0.15, 0.2) is 0 Å². The van der Waals surface area contributed by atoms with Crippen LogP contribution in [0.5, 0.6) is 0 Å². The first-order valence-corrected chi connectivity index (χ1v) is 8.75. The van der Waals surface area contributed by atoms with Crippen molar-refractivity contribution in [2.24, 2.45) is 11.8 Å². The van der Waals surface area contributed by atoms with Crippen molar-refractivity contribution in [1.82, 2.24) is 15.1 Å². The summed E-state index contributed by atoms with van der Waals surface area (Å²) in [6.45, 7) is 2.98. The van der Waals surface area contributed by atoms with E-state index in [0.29, 0.717) is 38.8 Å². The molecule has 0 aromatic heterocycles. The molecule has 2 fully saturated rings. The third-order valence-electron chi connectivity index (χ3n) is 5.43. The predicted molar refractivity (Wildman–Crippen MR) is 89.5 cm³/mol. The third-order valence-corrected chi connectivity index (χ3v) is 5.43. The maximum Gasteiger partial charge on any atom is 0.319 e. The normalized spacial score (nSPS) is 28.3. The number of likely N-dealkylation sites (tertiary alicyclic amines) is 1. The Balaban J connectivity index is 1.93. The van der Waals surface area contributed by atoms with Crippen LogP contribution in [0.4, 0.5) is 4.79 Å². The largest absolute Gasteiger partial charge is 0.481 e. The number of hydrogen-bond donors (Lipinski definition) is 2. The Labute approximate surface area is 143 Å². The van der Waals surface area contributed by atoms with E-state index < -0.39 is 17.4 Å². The smallest absolute Gasteiger partial charge is 0.319 e. The van der Waals surface area contributed by atoms with Crippen LogP contribution in [0.3, 0.4) is 0 Å². The summed E-state index contributed by atoms with van der Waals surface area (Å²) < 4.78 is 0. The van der Waals surface area contributed by atoms with E-state index in [1.807, 2.05) is 6.92 Å². The zero-order valence-electron chi connectivity index (χ0n) is 14.9. The van der Waals surface area contributed by atoms with Gasteiger partial charge in [-0.15, -0.1) is 0 Å². The van der Waals surface area contributed by atoms with E-state index >= 15 is 0 Å². The monoisotopic (exact) mass is 339 g/mol. The van der Waals surface area contributed by atoms with Crippen molar-refractivity contribution in [1.29, 1.82) is 0 Å². The molecule has 0 aromatic rings. The number of amides is 3. The summed E-state index contributed by atoms with van der Waals surface area (Å²) in [5, 5.41) is 12.5. The molecule has 0 radical (unpaired) electrons. The summed E-state index contributed by atoms with van der Waals surface area (Å²) in [6.07, 6.45) is 4.40. The molecule has 3 amide bonds. The van der Waals surface area contributed by atoms with Crippen molar-refractivity contribution < 1.29 is 19.5 Å². The standard InChI is InChI=1S/C17H29N3O4/c1-17(9-5-4-6-13(17)15(22)23)18-14(21)12-7-10-20(11-8-12)16(24)19(2)3/h12-13H,4-11H2,1-3H3,(H,18,21)(H,22,23)/t13-,17-/m0/s1. The van der Waals surface area contributed by atoms with Crippen LogP contribution in [-0.2, 0) is 9.59 Å². The number of nitrogens with one attached hydrogen (secondary N) is 1. The molecule has 1 heterocycles. The summed E-state index contributed by atoms with van der Waals surface area (Å²) in [5.41, 5.74) is -0.669. The van der Waals surface area contributed by atoms with E-state index in [0.717, 1.165) is 12.8 Å². The van der Waals surface area contributed by atoms with Crippen LogP contribution in [0.15, 0.2) is 0 Å². The van der Waals surface area contributed by atoms with Gasteiger partial charge in [-0.2, -0.15) is 0 Å². The molecule has 136 valence electrons. The lowest BCUT2D eigenvalue weighted by Crippen LogP contribution is -2.57. The Bertz CT molecular complexity index is 500. The van der Waals surface area contributed by atoms with E-state index in [9.17, 15) is 19.5 Å². The van der Waals surface area contributed by atoms with Gasteiger partial charge in [0.25, 0.3) is 0 Å². The van der Waals surface area contributed by atoms with Gasteiger partial charge in [0, 0.05) is 33.1 Å². The van der Waals surface area contributed by atoms with E-state index in [1.165, 1.54) is 0 Å². The molecular weight excluding hydrogens is 310 g/mol. The highest BCUT2D eigenvalue weighted by Gasteiger charge is 2.43. The molecule has 7 nitrogen and oxygen atoms in total. The van der Waals surface area contributed by atoms with Crippen molar-refractivity contribution in [3.8, 4) is 0 Å². The highest BCUT2D eigenvalue weighted by Crippen LogP contribution is 2.34. The second kappa shape index (κ2) is 7.40. The molecule has 0 bridgehead atoms. The first-order valence-electron chi connectivity index (χ1n) is 8.75. The van der Waals surface area contributed by atoms with Crippen LogP contribution in [0, 0.1) is 11.8 Å².